The minimum atomic E-state index is -0.252. The summed E-state index contributed by atoms with van der Waals surface area (Å²) in [6, 6.07) is 14.7. The van der Waals surface area contributed by atoms with Crippen LogP contribution < -0.4 is 15.4 Å². The Bertz CT molecular complexity index is 714. The second-order valence-electron chi connectivity index (χ2n) is 5.41. The lowest BCUT2D eigenvalue weighted by Crippen LogP contribution is -2.22. The quantitative estimate of drug-likeness (QED) is 0.729. The van der Waals surface area contributed by atoms with Crippen LogP contribution >= 0.6 is 11.8 Å². The van der Waals surface area contributed by atoms with Gasteiger partial charge in [-0.15, -0.1) is 11.8 Å². The molecule has 0 saturated carbocycles. The van der Waals surface area contributed by atoms with Gasteiger partial charge in [-0.1, -0.05) is 0 Å². The van der Waals surface area contributed by atoms with Crippen molar-refractivity contribution < 1.29 is 14.3 Å². The summed E-state index contributed by atoms with van der Waals surface area (Å²) in [6.07, 6.45) is 0. The van der Waals surface area contributed by atoms with Crippen LogP contribution in [0.15, 0.2) is 53.4 Å². The van der Waals surface area contributed by atoms with Crippen LogP contribution in [0.2, 0.25) is 0 Å². The number of hydrogen-bond donors (Lipinski definition) is 2. The molecule has 25 heavy (non-hydrogen) atoms. The monoisotopic (exact) mass is 358 g/mol. The fraction of sp³-hybridized carbons (Fsp3) is 0.263. The van der Waals surface area contributed by atoms with Gasteiger partial charge >= 0.3 is 0 Å². The Morgan fingerprint density at radius 3 is 2.12 bits per heavy atom. The van der Waals surface area contributed by atoms with Crippen LogP contribution in [-0.2, 0) is 9.59 Å². The molecule has 2 rings (SSSR count). The van der Waals surface area contributed by atoms with Crippen molar-refractivity contribution in [3.05, 3.63) is 48.5 Å². The van der Waals surface area contributed by atoms with Gasteiger partial charge in [0.05, 0.1) is 11.9 Å². The third kappa shape index (κ3) is 6.15. The third-order valence-electron chi connectivity index (χ3n) is 3.29. The van der Waals surface area contributed by atoms with E-state index in [2.05, 4.69) is 10.6 Å². The minimum Gasteiger partial charge on any atom is -0.494 e. The van der Waals surface area contributed by atoms with Crippen molar-refractivity contribution in [1.29, 1.82) is 0 Å². The van der Waals surface area contributed by atoms with E-state index in [1.807, 2.05) is 62.4 Å². The Labute approximate surface area is 152 Å². The molecule has 0 radical (unpaired) electrons. The Morgan fingerprint density at radius 1 is 1.00 bits per heavy atom. The molecule has 2 aromatic carbocycles. The van der Waals surface area contributed by atoms with Crippen LogP contribution in [0, 0.1) is 0 Å². The summed E-state index contributed by atoms with van der Waals surface area (Å²) in [5.41, 5.74) is 1.48. The van der Waals surface area contributed by atoms with Crippen molar-refractivity contribution in [3.8, 4) is 5.75 Å². The van der Waals surface area contributed by atoms with E-state index in [0.29, 0.717) is 6.61 Å². The van der Waals surface area contributed by atoms with Crippen LogP contribution in [0.4, 0.5) is 11.4 Å². The zero-order valence-corrected chi connectivity index (χ0v) is 15.4. The van der Waals surface area contributed by atoms with Gasteiger partial charge in [-0.3, -0.25) is 9.59 Å². The molecule has 2 amide bonds. The fourth-order valence-corrected chi connectivity index (χ4v) is 2.99. The molecule has 0 spiro atoms. The van der Waals surface area contributed by atoms with Crippen molar-refractivity contribution in [2.75, 3.05) is 17.2 Å². The van der Waals surface area contributed by atoms with E-state index in [0.717, 1.165) is 22.0 Å². The van der Waals surface area contributed by atoms with Crippen molar-refractivity contribution in [3.63, 3.8) is 0 Å². The van der Waals surface area contributed by atoms with Gasteiger partial charge in [0.2, 0.25) is 11.8 Å². The molecule has 0 saturated heterocycles. The largest absolute Gasteiger partial charge is 0.494 e. The van der Waals surface area contributed by atoms with Crippen molar-refractivity contribution in [2.45, 2.75) is 30.9 Å². The van der Waals surface area contributed by atoms with Crippen LogP contribution in [0.25, 0.3) is 0 Å². The number of amides is 2. The maximum absolute atomic E-state index is 12.3. The average molecular weight is 358 g/mol. The number of benzene rings is 2. The van der Waals surface area contributed by atoms with Gasteiger partial charge in [-0.2, -0.15) is 0 Å². The molecule has 0 unspecified atom stereocenters. The SMILES string of the molecule is CCOc1ccc(NC(=O)[C@@H](C)Sc2ccc(NC(C)=O)cc2)cc1. The Kier molecular flexibility index (Phi) is 6.89. The lowest BCUT2D eigenvalue weighted by Gasteiger charge is -2.13. The maximum atomic E-state index is 12.3. The van der Waals surface area contributed by atoms with Crippen molar-refractivity contribution in [2.24, 2.45) is 0 Å². The molecule has 5 nitrogen and oxygen atoms in total. The molecule has 0 aliphatic heterocycles. The molecular weight excluding hydrogens is 336 g/mol. The van der Waals surface area contributed by atoms with Crippen LogP contribution in [0.5, 0.6) is 5.75 Å². The highest BCUT2D eigenvalue weighted by Crippen LogP contribution is 2.26. The molecule has 0 bridgehead atoms. The van der Waals surface area contributed by atoms with Gasteiger partial charge in [0.15, 0.2) is 0 Å². The lowest BCUT2D eigenvalue weighted by molar-refractivity contribution is -0.115. The van der Waals surface area contributed by atoms with Gasteiger partial charge < -0.3 is 15.4 Å². The molecule has 2 aromatic rings. The molecule has 0 fully saturated rings. The lowest BCUT2D eigenvalue weighted by atomic mass is 10.3. The smallest absolute Gasteiger partial charge is 0.237 e. The van der Waals surface area contributed by atoms with Crippen LogP contribution in [0.1, 0.15) is 20.8 Å². The van der Waals surface area contributed by atoms with Gasteiger partial charge in [0.1, 0.15) is 5.75 Å². The van der Waals surface area contributed by atoms with E-state index in [-0.39, 0.29) is 17.1 Å². The molecule has 0 aliphatic rings. The number of carbonyl (C=O) groups is 2. The zero-order valence-electron chi connectivity index (χ0n) is 14.5. The number of rotatable bonds is 7. The summed E-state index contributed by atoms with van der Waals surface area (Å²) in [5.74, 6) is 0.603. The van der Waals surface area contributed by atoms with Crippen LogP contribution in [0.3, 0.4) is 0 Å². The molecule has 1 atom stereocenters. The van der Waals surface area contributed by atoms with Gasteiger partial charge in [0, 0.05) is 23.2 Å². The Balaban J connectivity index is 1.90. The number of carbonyl (C=O) groups excluding carboxylic acids is 2. The predicted octanol–water partition coefficient (Wildman–Crippen LogP) is 4.16. The van der Waals surface area contributed by atoms with Crippen molar-refractivity contribution in [1.82, 2.24) is 0 Å². The fourth-order valence-electron chi connectivity index (χ4n) is 2.12. The van der Waals surface area contributed by atoms with E-state index in [9.17, 15) is 9.59 Å². The maximum Gasteiger partial charge on any atom is 0.237 e. The average Bonchev–Trinajstić information content (AvgIpc) is 2.58. The highest BCUT2D eigenvalue weighted by atomic mass is 32.2. The van der Waals surface area contributed by atoms with E-state index >= 15 is 0 Å². The number of anilines is 2. The second kappa shape index (κ2) is 9.13. The summed E-state index contributed by atoms with van der Waals surface area (Å²) < 4.78 is 5.38. The standard InChI is InChI=1S/C19H22N2O3S/c1-4-24-17-9-5-16(6-10-17)21-19(23)13(2)25-18-11-7-15(8-12-18)20-14(3)22/h5-13H,4H2,1-3H3,(H,20,22)(H,21,23)/t13-/m1/s1. The first-order valence-electron chi connectivity index (χ1n) is 8.06. The van der Waals surface area contributed by atoms with Gasteiger partial charge in [0.25, 0.3) is 0 Å². The molecule has 0 aromatic heterocycles. The Hall–Kier alpha value is -2.47. The van der Waals surface area contributed by atoms with E-state index in [1.54, 1.807) is 0 Å². The summed E-state index contributed by atoms with van der Waals surface area (Å²) in [5, 5.41) is 5.36. The van der Waals surface area contributed by atoms with Gasteiger partial charge in [-0.25, -0.2) is 0 Å². The number of thioether (sulfide) groups is 1. The Morgan fingerprint density at radius 2 is 1.56 bits per heavy atom. The summed E-state index contributed by atoms with van der Waals surface area (Å²) in [7, 11) is 0. The topological polar surface area (TPSA) is 67.4 Å². The molecule has 132 valence electrons. The predicted molar refractivity (Wildman–Crippen MR) is 102 cm³/mol. The van der Waals surface area contributed by atoms with Crippen molar-refractivity contribution >= 4 is 35.0 Å². The van der Waals surface area contributed by atoms with E-state index in [4.69, 9.17) is 4.74 Å². The summed E-state index contributed by atoms with van der Waals surface area (Å²) in [4.78, 5) is 24.3. The molecular formula is C19H22N2O3S. The highest BCUT2D eigenvalue weighted by Gasteiger charge is 2.14. The second-order valence-corrected chi connectivity index (χ2v) is 6.83. The van der Waals surface area contributed by atoms with E-state index < -0.39 is 0 Å². The first-order valence-corrected chi connectivity index (χ1v) is 8.94. The number of nitrogens with one attached hydrogen (secondary N) is 2. The van der Waals surface area contributed by atoms with Gasteiger partial charge in [-0.05, 0) is 62.4 Å². The first kappa shape index (κ1) is 18.9. The normalized spacial score (nSPS) is 11.5. The van der Waals surface area contributed by atoms with Crippen LogP contribution in [-0.4, -0.2) is 23.7 Å². The molecule has 0 heterocycles. The molecule has 0 aliphatic carbocycles. The number of hydrogen-bond acceptors (Lipinski definition) is 4. The molecule has 2 N–H and O–H groups in total. The minimum absolute atomic E-state index is 0.0694. The third-order valence-corrected chi connectivity index (χ3v) is 4.40. The zero-order chi connectivity index (χ0) is 18.2. The highest BCUT2D eigenvalue weighted by molar-refractivity contribution is 8.00. The summed E-state index contributed by atoms with van der Waals surface area (Å²) in [6.45, 7) is 5.86. The number of ether oxygens (including phenoxy) is 1. The summed E-state index contributed by atoms with van der Waals surface area (Å²) >= 11 is 1.46. The molecule has 6 heteroatoms. The first-order chi connectivity index (χ1) is 12.0. The van der Waals surface area contributed by atoms with E-state index in [1.165, 1.54) is 18.7 Å².